The fraction of sp³-hybridized carbons (Fsp3) is 0.562. The van der Waals surface area contributed by atoms with Crippen LogP contribution in [0.5, 0.6) is 0 Å². The van der Waals surface area contributed by atoms with E-state index in [1.807, 2.05) is 0 Å². The van der Waals surface area contributed by atoms with Gasteiger partial charge in [-0.15, -0.1) is 0 Å². The monoisotopic (exact) mass is 654 g/mol. The molecule has 0 saturated carbocycles. The number of aliphatic imine (C=N–C) groups is 2. The van der Waals surface area contributed by atoms with Gasteiger partial charge in [-0.2, -0.15) is 0 Å². The number of hydrogen-bond donors (Lipinski definition) is 2. The van der Waals surface area contributed by atoms with Gasteiger partial charge in [-0.25, -0.2) is 16.8 Å². The number of hydrogen-bond acceptors (Lipinski definition) is 8. The second-order valence-corrected chi connectivity index (χ2v) is 13.5. The first kappa shape index (κ1) is 41.5. The van der Waals surface area contributed by atoms with Crippen molar-refractivity contribution in [2.45, 2.75) is 92.9 Å². The van der Waals surface area contributed by atoms with Crippen molar-refractivity contribution in [3.63, 3.8) is 0 Å². The zero-order valence-corrected chi connectivity index (χ0v) is 30.3. The van der Waals surface area contributed by atoms with Gasteiger partial charge in [-0.05, 0) is 130 Å². The first-order valence-corrected chi connectivity index (χ1v) is 18.0. The summed E-state index contributed by atoms with van der Waals surface area (Å²) < 4.78 is 67.6. The average molecular weight is 655 g/mol. The highest BCUT2D eigenvalue weighted by molar-refractivity contribution is 7.86. The highest BCUT2D eigenvalue weighted by Gasteiger charge is 2.12. The normalized spacial score (nSPS) is 12.5. The van der Waals surface area contributed by atoms with Gasteiger partial charge in [0.25, 0.3) is 0 Å². The third kappa shape index (κ3) is 13.7. The summed E-state index contributed by atoms with van der Waals surface area (Å²) in [6.45, 7) is 31.1. The molecule has 0 fully saturated rings. The van der Waals surface area contributed by atoms with Crippen molar-refractivity contribution in [1.82, 2.24) is 0 Å². The molecule has 2 aromatic rings. The first-order valence-electron chi connectivity index (χ1n) is 15.2. The van der Waals surface area contributed by atoms with Gasteiger partial charge in [0, 0.05) is 0 Å². The molecule has 0 aliphatic rings. The van der Waals surface area contributed by atoms with E-state index >= 15 is 0 Å². The van der Waals surface area contributed by atoms with E-state index in [1.54, 1.807) is 51.3 Å². The number of nitrogens with zero attached hydrogens (tertiary/aromatic N) is 2. The van der Waals surface area contributed by atoms with Crippen LogP contribution in [0, 0.1) is 27.7 Å². The Balaban J connectivity index is 0.00000109. The SMILES string of the molecule is CC(=Nc1c(C)cc(S(=O)(=O)[O-])cc1C)C(C)=Nc1c(C)cc(S(=O)(=O)[O-])cc1C.CC[NH+](CC)CC.CC[NH+](CC)CC. The minimum absolute atomic E-state index is 0.306. The van der Waals surface area contributed by atoms with Crippen LogP contribution in [-0.2, 0) is 20.2 Å². The van der Waals surface area contributed by atoms with E-state index in [0.717, 1.165) is 0 Å². The molecule has 0 aliphatic heterocycles. The smallest absolute Gasteiger partial charge is 0.124 e. The topological polar surface area (TPSA) is 148 Å². The summed E-state index contributed by atoms with van der Waals surface area (Å²) in [5.41, 5.74) is 4.33. The molecule has 0 spiro atoms. The van der Waals surface area contributed by atoms with Crippen LogP contribution >= 0.6 is 0 Å². The highest BCUT2D eigenvalue weighted by Crippen LogP contribution is 2.29. The number of rotatable bonds is 11. The van der Waals surface area contributed by atoms with Gasteiger partial charge in [0.15, 0.2) is 0 Å². The lowest BCUT2D eigenvalue weighted by atomic mass is 10.1. The van der Waals surface area contributed by atoms with E-state index in [-0.39, 0.29) is 9.79 Å². The lowest BCUT2D eigenvalue weighted by molar-refractivity contribution is -0.894. The molecule has 12 heteroatoms. The Hall–Kier alpha value is -2.48. The molecule has 44 heavy (non-hydrogen) atoms. The molecular weight excluding hydrogens is 601 g/mol. The molecule has 0 saturated heterocycles. The van der Waals surface area contributed by atoms with Gasteiger partial charge in [-0.1, -0.05) is 0 Å². The first-order chi connectivity index (χ1) is 20.3. The molecule has 0 aromatic heterocycles. The third-order valence-corrected chi connectivity index (χ3v) is 9.22. The van der Waals surface area contributed by atoms with Crippen LogP contribution < -0.4 is 9.80 Å². The minimum Gasteiger partial charge on any atom is -0.744 e. The van der Waals surface area contributed by atoms with Crippen molar-refractivity contribution in [3.8, 4) is 0 Å². The highest BCUT2D eigenvalue weighted by atomic mass is 32.2. The van der Waals surface area contributed by atoms with Crippen molar-refractivity contribution in [3.05, 3.63) is 46.5 Å². The summed E-state index contributed by atoms with van der Waals surface area (Å²) in [5, 5.41) is 0. The number of quaternary nitrogens is 2. The van der Waals surface area contributed by atoms with E-state index in [0.29, 0.717) is 45.1 Å². The summed E-state index contributed by atoms with van der Waals surface area (Å²) in [5.74, 6) is 0. The Morgan fingerprint density at radius 1 is 0.545 bits per heavy atom. The Morgan fingerprint density at radius 2 is 0.750 bits per heavy atom. The Kier molecular flexibility index (Phi) is 18.0. The Bertz CT molecular complexity index is 1320. The van der Waals surface area contributed by atoms with Crippen LogP contribution in [0.2, 0.25) is 0 Å². The number of nitrogens with one attached hydrogen (secondary N) is 2. The van der Waals surface area contributed by atoms with Gasteiger partial charge in [0.1, 0.15) is 20.2 Å². The number of benzene rings is 2. The molecule has 0 radical (unpaired) electrons. The average Bonchev–Trinajstić information content (AvgIpc) is 2.93. The van der Waals surface area contributed by atoms with Crippen LogP contribution in [0.25, 0.3) is 0 Å². The van der Waals surface area contributed by atoms with Crippen molar-refractivity contribution in [2.24, 2.45) is 9.98 Å². The summed E-state index contributed by atoms with van der Waals surface area (Å²) >= 11 is 0. The minimum atomic E-state index is -4.56. The van der Waals surface area contributed by atoms with Crippen molar-refractivity contribution in [2.75, 3.05) is 39.3 Å². The molecule has 2 rings (SSSR count). The predicted molar refractivity (Wildman–Crippen MR) is 178 cm³/mol. The molecule has 2 aromatic carbocycles. The van der Waals surface area contributed by atoms with E-state index in [2.05, 4.69) is 51.5 Å². The van der Waals surface area contributed by atoms with Crippen LogP contribution in [0.3, 0.4) is 0 Å². The maximum atomic E-state index is 11.3. The van der Waals surface area contributed by atoms with Gasteiger partial charge >= 0.3 is 0 Å². The van der Waals surface area contributed by atoms with Gasteiger partial charge < -0.3 is 18.9 Å². The maximum Gasteiger partial charge on any atom is 0.124 e. The summed E-state index contributed by atoms with van der Waals surface area (Å²) in [6, 6.07) is 5.13. The zero-order chi connectivity index (χ0) is 34.4. The van der Waals surface area contributed by atoms with Crippen LogP contribution in [0.4, 0.5) is 11.4 Å². The molecule has 10 nitrogen and oxygen atoms in total. The van der Waals surface area contributed by atoms with Crippen molar-refractivity contribution in [1.29, 1.82) is 0 Å². The lowest BCUT2D eigenvalue weighted by Crippen LogP contribution is -3.11. The van der Waals surface area contributed by atoms with Crippen molar-refractivity contribution < 1.29 is 35.7 Å². The molecule has 0 bridgehead atoms. The number of aryl methyl sites for hydroxylation is 4. The van der Waals surface area contributed by atoms with E-state index in [9.17, 15) is 25.9 Å². The van der Waals surface area contributed by atoms with Crippen LogP contribution in [-0.4, -0.2) is 76.6 Å². The Morgan fingerprint density at radius 3 is 0.886 bits per heavy atom. The molecule has 250 valence electrons. The molecule has 0 atom stereocenters. The standard InChI is InChI=1S/C20H24N2O6S2.2C6H15N/c1-11-7-17(29(23,24)25)8-12(2)19(11)21-15(5)16(6)22-20-13(3)9-18(10-14(20)4)30(26,27)28;2*1-4-7(5-2)6-3/h7-10H,1-6H3,(H,23,24,25)(H,26,27,28);2*4-6H2,1-3H3. The summed E-state index contributed by atoms with van der Waals surface area (Å²) in [7, 11) is -9.12. The summed E-state index contributed by atoms with van der Waals surface area (Å²) in [4.78, 5) is 11.8. The predicted octanol–water partition coefficient (Wildman–Crippen LogP) is 3.48. The van der Waals surface area contributed by atoms with E-state index < -0.39 is 20.2 Å². The third-order valence-electron chi connectivity index (χ3n) is 7.59. The molecule has 2 N–H and O–H groups in total. The fourth-order valence-electron chi connectivity index (χ4n) is 4.47. The molecule has 0 unspecified atom stereocenters. The molecule has 0 aliphatic carbocycles. The lowest BCUT2D eigenvalue weighted by Gasteiger charge is -2.14. The molecule has 0 heterocycles. The second-order valence-electron chi connectivity index (χ2n) is 10.7. The largest absolute Gasteiger partial charge is 0.744 e. The van der Waals surface area contributed by atoms with Crippen LogP contribution in [0.1, 0.15) is 77.6 Å². The second kappa shape index (κ2) is 19.1. The quantitative estimate of drug-likeness (QED) is 0.280. The van der Waals surface area contributed by atoms with Gasteiger partial charge in [-0.3, -0.25) is 9.98 Å². The van der Waals surface area contributed by atoms with Gasteiger partial charge in [0.2, 0.25) is 0 Å². The maximum absolute atomic E-state index is 11.3. The van der Waals surface area contributed by atoms with Crippen molar-refractivity contribution >= 4 is 43.0 Å². The van der Waals surface area contributed by atoms with Crippen LogP contribution in [0.15, 0.2) is 44.0 Å². The van der Waals surface area contributed by atoms with Gasteiger partial charge in [0.05, 0.1) is 71.9 Å². The Labute approximate surface area is 266 Å². The summed E-state index contributed by atoms with van der Waals surface area (Å²) in [6.07, 6.45) is 0. The van der Waals surface area contributed by atoms with E-state index in [4.69, 9.17) is 0 Å². The zero-order valence-electron chi connectivity index (χ0n) is 28.7. The van der Waals surface area contributed by atoms with E-state index in [1.165, 1.54) is 63.5 Å². The fourth-order valence-corrected chi connectivity index (χ4v) is 5.76. The molecular formula is C32H54N4O6S2. The molecule has 0 amide bonds.